The van der Waals surface area contributed by atoms with Crippen LogP contribution in [0.3, 0.4) is 0 Å². The minimum atomic E-state index is -5.08. The number of carboxylic acid groups (broad SMARTS) is 1. The highest BCUT2D eigenvalue weighted by Gasteiger charge is 2.38. The highest BCUT2D eigenvalue weighted by atomic mass is 35.5. The minimum Gasteiger partial charge on any atom is -0.475 e. The number of hydrogen-bond donors (Lipinski definition) is 3. The first-order valence-corrected chi connectivity index (χ1v) is 31.0. The van der Waals surface area contributed by atoms with Crippen LogP contribution in [0.4, 0.5) is 13.2 Å². The van der Waals surface area contributed by atoms with E-state index in [-0.39, 0.29) is 43.6 Å². The Morgan fingerprint density at radius 2 is 1.08 bits per heavy atom. The van der Waals surface area contributed by atoms with E-state index >= 15 is 0 Å². The number of carbonyl (C=O) groups excluding carboxylic acids is 2. The van der Waals surface area contributed by atoms with E-state index in [1.807, 2.05) is 12.1 Å². The van der Waals surface area contributed by atoms with Crippen molar-refractivity contribution < 1.29 is 69.5 Å². The first kappa shape index (κ1) is 74.3. The normalized spacial score (nSPS) is 15.1. The number of aliphatic carboxylic acids is 1. The van der Waals surface area contributed by atoms with Gasteiger partial charge in [0, 0.05) is 116 Å². The van der Waals surface area contributed by atoms with Gasteiger partial charge in [-0.3, -0.25) is 9.59 Å². The number of ether oxygens (including phenoxy) is 6. The number of nitrogens with zero attached hydrogens (tertiary/aromatic N) is 2. The predicted octanol–water partition coefficient (Wildman–Crippen LogP) is 10.6. The molecule has 84 heavy (non-hydrogen) atoms. The third-order valence-corrected chi connectivity index (χ3v) is 15.2. The number of nitrogens with one attached hydrogen (secondary N) is 2. The summed E-state index contributed by atoms with van der Waals surface area (Å²) in [6, 6.07) is 25.1. The topological polar surface area (TPSA) is 192 Å². The fourth-order valence-corrected chi connectivity index (χ4v) is 10.8. The monoisotopic (exact) mass is 1280 g/mol. The first-order chi connectivity index (χ1) is 39.5. The maximum atomic E-state index is 12.1. The van der Waals surface area contributed by atoms with Gasteiger partial charge in [-0.05, 0) is 97.1 Å². The molecule has 470 valence electrons. The molecule has 3 N–H and O–H groups in total. The molecule has 0 saturated heterocycles. The Morgan fingerprint density at radius 3 is 1.57 bits per heavy atom. The lowest BCUT2D eigenvalue weighted by Gasteiger charge is -2.33. The van der Waals surface area contributed by atoms with E-state index in [2.05, 4.69) is 102 Å². The van der Waals surface area contributed by atoms with Gasteiger partial charge in [-0.1, -0.05) is 108 Å². The van der Waals surface area contributed by atoms with E-state index in [4.69, 9.17) is 84.7 Å². The molecule has 0 saturated carbocycles. The number of Topliss-reactive ketones (excluding diaryl/α,β-unsaturated/α-hetero) is 1. The van der Waals surface area contributed by atoms with Crippen molar-refractivity contribution in [3.63, 3.8) is 0 Å². The van der Waals surface area contributed by atoms with Gasteiger partial charge in [0.25, 0.3) is 0 Å². The Kier molecular flexibility index (Phi) is 35.1. The number of fused-ring (bicyclic) bond motifs is 2. The summed E-state index contributed by atoms with van der Waals surface area (Å²) < 4.78 is 86.7. The number of aryl methyl sites for hydroxylation is 1. The Hall–Kier alpha value is -3.97. The number of ketones is 1. The Morgan fingerprint density at radius 1 is 0.631 bits per heavy atom. The molecule has 16 nitrogen and oxygen atoms in total. The van der Waals surface area contributed by atoms with Crippen LogP contribution in [0, 0.1) is 6.92 Å². The number of carbonyl (C=O) groups is 3. The van der Waals surface area contributed by atoms with E-state index in [1.54, 1.807) is 0 Å². The molecule has 2 aliphatic rings. The summed E-state index contributed by atoms with van der Waals surface area (Å²) in [7, 11) is 1.30. The molecule has 2 aliphatic heterocycles. The van der Waals surface area contributed by atoms with Crippen molar-refractivity contribution in [1.82, 2.24) is 20.4 Å². The molecule has 0 radical (unpaired) electrons. The highest BCUT2D eigenvalue weighted by Crippen LogP contribution is 2.40. The first-order valence-electron chi connectivity index (χ1n) is 27.4. The van der Waals surface area contributed by atoms with Gasteiger partial charge >= 0.3 is 12.1 Å². The Labute approximate surface area is 514 Å². The number of halogens is 7. The van der Waals surface area contributed by atoms with Gasteiger partial charge < -0.3 is 54.0 Å². The van der Waals surface area contributed by atoms with Crippen molar-refractivity contribution in [2.24, 2.45) is 0 Å². The summed E-state index contributed by atoms with van der Waals surface area (Å²) in [6.07, 6.45) is -2.12. The van der Waals surface area contributed by atoms with Crippen LogP contribution in [0.1, 0.15) is 95.9 Å². The lowest BCUT2D eigenvalue weighted by molar-refractivity contribution is -0.192. The van der Waals surface area contributed by atoms with Gasteiger partial charge in [-0.15, -0.1) is 0 Å². The average Bonchev–Trinajstić information content (AvgIpc) is 3.44. The van der Waals surface area contributed by atoms with Crippen LogP contribution in [-0.4, -0.2) is 179 Å². The second-order valence-electron chi connectivity index (χ2n) is 20.2. The number of alkyl halides is 3. The van der Waals surface area contributed by atoms with Crippen LogP contribution in [0.15, 0.2) is 72.8 Å². The highest BCUT2D eigenvalue weighted by molar-refractivity contribution is 7.90. The van der Waals surface area contributed by atoms with Crippen molar-refractivity contribution in [3.8, 4) is 0 Å². The number of carboxylic acids is 1. The quantitative estimate of drug-likeness (QED) is 0.0382. The molecule has 2 unspecified atom stereocenters. The number of sulfone groups is 1. The van der Waals surface area contributed by atoms with Gasteiger partial charge in [-0.2, -0.15) is 13.2 Å². The van der Waals surface area contributed by atoms with Gasteiger partial charge in [0.1, 0.15) is 15.6 Å². The summed E-state index contributed by atoms with van der Waals surface area (Å²) in [5, 5.41) is 16.2. The molecule has 2 heterocycles. The number of benzene rings is 4. The predicted molar refractivity (Wildman–Crippen MR) is 325 cm³/mol. The zero-order valence-electron chi connectivity index (χ0n) is 47.6. The molecule has 4 aromatic rings. The molecule has 0 aliphatic carbocycles. The zero-order chi connectivity index (χ0) is 60.8. The molecule has 4 aromatic carbocycles. The third kappa shape index (κ3) is 29.6. The second-order valence-corrected chi connectivity index (χ2v) is 24.1. The summed E-state index contributed by atoms with van der Waals surface area (Å²) in [5.74, 6) is -2.25. The smallest absolute Gasteiger partial charge is 0.475 e. The van der Waals surface area contributed by atoms with Crippen LogP contribution in [0.2, 0.25) is 20.1 Å². The van der Waals surface area contributed by atoms with Gasteiger partial charge in [0.2, 0.25) is 5.91 Å². The molecular formula is C60H83Cl4F3N4O12S. The van der Waals surface area contributed by atoms with Crippen LogP contribution in [0.5, 0.6) is 0 Å². The Bertz CT molecular complexity index is 2750. The zero-order valence-corrected chi connectivity index (χ0v) is 51.5. The fraction of sp³-hybridized carbons (Fsp3) is 0.550. The molecule has 0 fully saturated rings. The lowest BCUT2D eigenvalue weighted by atomic mass is 9.84. The van der Waals surface area contributed by atoms with Crippen molar-refractivity contribution >= 4 is 73.9 Å². The summed E-state index contributed by atoms with van der Waals surface area (Å²) in [6.45, 7) is 12.7. The van der Waals surface area contributed by atoms with Crippen molar-refractivity contribution in [2.45, 2.75) is 84.1 Å². The number of hydrogen-bond acceptors (Lipinski definition) is 14. The van der Waals surface area contributed by atoms with Gasteiger partial charge in [-0.25, -0.2) is 13.2 Å². The maximum Gasteiger partial charge on any atom is 0.490 e. The van der Waals surface area contributed by atoms with E-state index in [9.17, 15) is 31.2 Å². The number of likely N-dealkylation sites (N-methyl/N-ethyl adjacent to an activating group) is 2. The number of rotatable bonds is 33. The van der Waals surface area contributed by atoms with Crippen LogP contribution in [0.25, 0.3) is 0 Å². The molecule has 0 bridgehead atoms. The lowest BCUT2D eigenvalue weighted by Crippen LogP contribution is -2.31. The molecule has 2 atom stereocenters. The van der Waals surface area contributed by atoms with Crippen LogP contribution < -0.4 is 10.6 Å². The molecular weight excluding hydrogens is 1200 g/mol. The summed E-state index contributed by atoms with van der Waals surface area (Å²) in [5.41, 5.74) is 9.90. The summed E-state index contributed by atoms with van der Waals surface area (Å²) in [4.78, 5) is 37.6. The molecule has 1 amide bonds. The maximum absolute atomic E-state index is 12.1. The van der Waals surface area contributed by atoms with E-state index in [0.29, 0.717) is 116 Å². The van der Waals surface area contributed by atoms with Crippen molar-refractivity contribution in [1.29, 1.82) is 0 Å². The molecule has 0 spiro atoms. The Balaban J connectivity index is 0.000000536. The fourth-order valence-electron chi connectivity index (χ4n) is 9.05. The SMILES string of the molecule is C.CN1Cc2c(Cl)cc(Cl)cc2C(c2cccc(CNCCOCCOCCOCCNC(=O)CCC(=O)CCCOCCOCCOCCCS(C)(=O)=O)c2)C1.Cc1cccc(C2CN(C)Cc3c(Cl)cc(Cl)cc32)c1.O=C(O)C(F)(F)F. The van der Waals surface area contributed by atoms with Gasteiger partial charge in [0.05, 0.1) is 71.8 Å². The van der Waals surface area contributed by atoms with Crippen molar-refractivity contribution in [2.75, 3.05) is 132 Å². The van der Waals surface area contributed by atoms with Gasteiger partial charge in [0.15, 0.2) is 0 Å². The van der Waals surface area contributed by atoms with Crippen molar-refractivity contribution in [3.05, 3.63) is 137 Å². The average molecular weight is 1280 g/mol. The number of amides is 1. The largest absolute Gasteiger partial charge is 0.490 e. The van der Waals surface area contributed by atoms with E-state index in [0.717, 1.165) is 59.9 Å². The van der Waals surface area contributed by atoms with Crippen LogP contribution >= 0.6 is 46.4 Å². The third-order valence-electron chi connectivity index (χ3n) is 13.0. The second kappa shape index (κ2) is 39.7. The summed E-state index contributed by atoms with van der Waals surface area (Å²) >= 11 is 25.5. The minimum absolute atomic E-state index is 0. The molecule has 6 rings (SSSR count). The van der Waals surface area contributed by atoms with E-state index in [1.165, 1.54) is 45.2 Å². The van der Waals surface area contributed by atoms with E-state index < -0.39 is 22.0 Å². The molecule has 24 heteroatoms. The standard InChI is InChI=1S/C40H61Cl2N3O10S.C17H17Cl2N.C2HF3O2.CH4/c1-45-30-37(36-27-34(41)28-39(42)38(36)31-45)33-7-3-6-32(26-33)29-43-11-15-52-19-23-55-24-20-53-16-12-44-40(47)10-9-35(46)8-4-13-50-17-21-54-22-18-51-14-5-25-56(2,48)49;1-11-4-3-5-12(6-11)15-9-20(2)10-16-14(15)7-13(18)8-17(16)19;3-2(4,5)1(6)7;/h3,6-7,26-28,37,43H,4-5,8-25,29-31H2,1-2H3,(H,44,47);3-8,15H,9-10H2,1-2H3;(H,6,7);1H4. The molecule has 0 aromatic heterocycles. The van der Waals surface area contributed by atoms with Crippen LogP contribution in [-0.2, 0) is 72.3 Å².